The van der Waals surface area contributed by atoms with Crippen LogP contribution in [0.5, 0.6) is 0 Å². The summed E-state index contributed by atoms with van der Waals surface area (Å²) in [6.45, 7) is 1.97. The maximum atomic E-state index is 12.4. The van der Waals surface area contributed by atoms with E-state index in [1.807, 2.05) is 19.1 Å². The fraction of sp³-hybridized carbons (Fsp3) is 0.118. The smallest absolute Gasteiger partial charge is 0.267 e. The average molecular weight is 342 g/mol. The van der Waals surface area contributed by atoms with Gasteiger partial charge in [0.25, 0.3) is 5.56 Å². The molecule has 0 radical (unpaired) electrons. The first-order chi connectivity index (χ1) is 11.1. The molecular formula is C17H12ClN3OS. The summed E-state index contributed by atoms with van der Waals surface area (Å²) in [4.78, 5) is 17.0. The number of halogens is 1. The Hall–Kier alpha value is -2.11. The molecule has 4 rings (SSSR count). The molecule has 3 heterocycles. The summed E-state index contributed by atoms with van der Waals surface area (Å²) >= 11 is 7.56. The Morgan fingerprint density at radius 2 is 1.96 bits per heavy atom. The Balaban J connectivity index is 1.92. The first-order valence-electron chi connectivity index (χ1n) is 7.12. The van der Waals surface area contributed by atoms with Crippen molar-refractivity contribution >= 4 is 23.4 Å². The average Bonchev–Trinajstić information content (AvgIpc) is 2.55. The number of hydrogen-bond donors (Lipinski definition) is 0. The van der Waals surface area contributed by atoms with Crippen LogP contribution in [0.15, 0.2) is 52.3 Å². The second-order valence-corrected chi connectivity index (χ2v) is 6.74. The molecule has 0 unspecified atom stereocenters. The minimum atomic E-state index is -0.143. The lowest BCUT2D eigenvalue weighted by atomic mass is 10.1. The number of thioether (sulfide) groups is 1. The van der Waals surface area contributed by atoms with Gasteiger partial charge < -0.3 is 0 Å². The van der Waals surface area contributed by atoms with E-state index in [0.29, 0.717) is 16.5 Å². The fourth-order valence-electron chi connectivity index (χ4n) is 2.57. The van der Waals surface area contributed by atoms with Gasteiger partial charge in [0.15, 0.2) is 0 Å². The topological polar surface area (TPSA) is 47.8 Å². The van der Waals surface area contributed by atoms with Crippen molar-refractivity contribution in [1.82, 2.24) is 14.8 Å². The van der Waals surface area contributed by atoms with Crippen LogP contribution in [0.2, 0.25) is 5.02 Å². The van der Waals surface area contributed by atoms with Gasteiger partial charge in [0, 0.05) is 28.1 Å². The molecule has 0 fully saturated rings. The molecule has 114 valence electrons. The summed E-state index contributed by atoms with van der Waals surface area (Å²) in [6, 6.07) is 12.7. The maximum Gasteiger partial charge on any atom is 0.271 e. The quantitative estimate of drug-likeness (QED) is 0.674. The number of hydrogen-bond acceptors (Lipinski definition) is 4. The molecule has 0 saturated heterocycles. The van der Waals surface area contributed by atoms with E-state index in [1.54, 1.807) is 42.1 Å². The lowest BCUT2D eigenvalue weighted by Crippen LogP contribution is -2.23. The first kappa shape index (κ1) is 14.5. The van der Waals surface area contributed by atoms with Crippen LogP contribution >= 0.6 is 23.4 Å². The Morgan fingerprint density at radius 3 is 2.74 bits per heavy atom. The van der Waals surface area contributed by atoms with Gasteiger partial charge in [-0.3, -0.25) is 4.79 Å². The summed E-state index contributed by atoms with van der Waals surface area (Å²) < 4.78 is 1.41. The molecule has 0 amide bonds. The molecule has 1 aliphatic heterocycles. The monoisotopic (exact) mass is 341 g/mol. The molecule has 0 atom stereocenters. The standard InChI is InChI=1S/C17H12ClN3OS/c1-10-2-7-14-16-11(9-23-17(14)19-10)8-15(22)21(20-16)13-5-3-12(18)4-6-13/h2-8H,9H2,1H3. The molecular weight excluding hydrogens is 330 g/mol. The molecule has 4 nitrogen and oxygen atoms in total. The Bertz CT molecular complexity index is 967. The molecule has 0 N–H and O–H groups in total. The Labute approximate surface area is 142 Å². The SMILES string of the molecule is Cc1ccc2c(n1)SCc1cc(=O)n(-c3ccc(Cl)cc3)nc1-2. The lowest BCUT2D eigenvalue weighted by molar-refractivity contribution is 0.801. The molecule has 6 heteroatoms. The van der Waals surface area contributed by atoms with Crippen molar-refractivity contribution in [1.29, 1.82) is 0 Å². The summed E-state index contributed by atoms with van der Waals surface area (Å²) in [6.07, 6.45) is 0. The van der Waals surface area contributed by atoms with Crippen molar-refractivity contribution < 1.29 is 0 Å². The third-order valence-electron chi connectivity index (χ3n) is 3.70. The summed E-state index contributed by atoms with van der Waals surface area (Å²) in [5, 5.41) is 6.18. The fourth-order valence-corrected chi connectivity index (χ4v) is 3.73. The molecule has 0 saturated carbocycles. The second kappa shape index (κ2) is 5.51. The molecule has 2 aromatic heterocycles. The Kier molecular flexibility index (Phi) is 3.47. The number of aromatic nitrogens is 3. The van der Waals surface area contributed by atoms with Gasteiger partial charge >= 0.3 is 0 Å². The van der Waals surface area contributed by atoms with Gasteiger partial charge in [-0.2, -0.15) is 9.78 Å². The van der Waals surface area contributed by atoms with Crippen molar-refractivity contribution in [2.75, 3.05) is 0 Å². The van der Waals surface area contributed by atoms with Crippen LogP contribution in [0.3, 0.4) is 0 Å². The highest BCUT2D eigenvalue weighted by molar-refractivity contribution is 7.98. The molecule has 1 aromatic carbocycles. The van der Waals surface area contributed by atoms with Crippen LogP contribution in [-0.4, -0.2) is 14.8 Å². The van der Waals surface area contributed by atoms with Gasteiger partial charge in [-0.15, -0.1) is 11.8 Å². The van der Waals surface area contributed by atoms with E-state index in [9.17, 15) is 4.79 Å². The highest BCUT2D eigenvalue weighted by Gasteiger charge is 2.21. The number of benzene rings is 1. The van der Waals surface area contributed by atoms with Crippen molar-refractivity contribution in [3.63, 3.8) is 0 Å². The molecule has 3 aromatic rings. The van der Waals surface area contributed by atoms with Gasteiger partial charge in [-0.05, 0) is 48.9 Å². The zero-order chi connectivity index (χ0) is 16.0. The van der Waals surface area contributed by atoms with E-state index in [4.69, 9.17) is 11.6 Å². The zero-order valence-electron chi connectivity index (χ0n) is 12.3. The second-order valence-electron chi connectivity index (χ2n) is 5.34. The van der Waals surface area contributed by atoms with Gasteiger partial charge in [-0.25, -0.2) is 4.98 Å². The third-order valence-corrected chi connectivity index (χ3v) is 4.99. The highest BCUT2D eigenvalue weighted by Crippen LogP contribution is 2.38. The van der Waals surface area contributed by atoms with Gasteiger partial charge in [0.2, 0.25) is 0 Å². The first-order valence-corrected chi connectivity index (χ1v) is 8.48. The molecule has 23 heavy (non-hydrogen) atoms. The van der Waals surface area contributed by atoms with Crippen molar-refractivity contribution in [3.8, 4) is 16.9 Å². The number of pyridine rings is 1. The minimum absolute atomic E-state index is 0.143. The van der Waals surface area contributed by atoms with Crippen LogP contribution in [0.25, 0.3) is 16.9 Å². The molecule has 0 spiro atoms. The normalized spacial score (nSPS) is 12.6. The Morgan fingerprint density at radius 1 is 1.17 bits per heavy atom. The minimum Gasteiger partial charge on any atom is -0.267 e. The van der Waals surface area contributed by atoms with Crippen molar-refractivity contribution in [3.05, 3.63) is 69.1 Å². The molecule has 0 aliphatic carbocycles. The summed E-state index contributed by atoms with van der Waals surface area (Å²) in [7, 11) is 0. The van der Waals surface area contributed by atoms with E-state index >= 15 is 0 Å². The van der Waals surface area contributed by atoms with Crippen LogP contribution in [0.1, 0.15) is 11.3 Å². The number of nitrogens with zero attached hydrogens (tertiary/aromatic N) is 3. The highest BCUT2D eigenvalue weighted by atomic mass is 35.5. The number of rotatable bonds is 1. The van der Waals surface area contributed by atoms with Crippen LogP contribution in [-0.2, 0) is 5.75 Å². The van der Waals surface area contributed by atoms with E-state index < -0.39 is 0 Å². The van der Waals surface area contributed by atoms with Crippen molar-refractivity contribution in [2.24, 2.45) is 0 Å². The third kappa shape index (κ3) is 2.56. The van der Waals surface area contributed by atoms with E-state index in [0.717, 1.165) is 27.5 Å². The summed E-state index contributed by atoms with van der Waals surface area (Å²) in [5.41, 5.74) is 4.27. The predicted molar refractivity (Wildman–Crippen MR) is 92.4 cm³/mol. The predicted octanol–water partition coefficient (Wildman–Crippen LogP) is 3.86. The van der Waals surface area contributed by atoms with Gasteiger partial charge in [-0.1, -0.05) is 11.6 Å². The largest absolute Gasteiger partial charge is 0.271 e. The van der Waals surface area contributed by atoms with Gasteiger partial charge in [0.05, 0.1) is 11.4 Å². The summed E-state index contributed by atoms with van der Waals surface area (Å²) in [5.74, 6) is 0.711. The molecule has 1 aliphatic rings. The lowest BCUT2D eigenvalue weighted by Gasteiger charge is -2.18. The van der Waals surface area contributed by atoms with Crippen LogP contribution < -0.4 is 5.56 Å². The van der Waals surface area contributed by atoms with E-state index in [-0.39, 0.29) is 5.56 Å². The molecule has 0 bridgehead atoms. The zero-order valence-corrected chi connectivity index (χ0v) is 13.9. The van der Waals surface area contributed by atoms with Crippen LogP contribution in [0, 0.1) is 6.92 Å². The van der Waals surface area contributed by atoms with Crippen molar-refractivity contribution in [2.45, 2.75) is 17.7 Å². The van der Waals surface area contributed by atoms with Crippen LogP contribution in [0.4, 0.5) is 0 Å². The number of aryl methyl sites for hydroxylation is 1. The number of fused-ring (bicyclic) bond motifs is 3. The van der Waals surface area contributed by atoms with E-state index in [1.165, 1.54) is 4.68 Å². The van der Waals surface area contributed by atoms with Gasteiger partial charge in [0.1, 0.15) is 5.03 Å². The maximum absolute atomic E-state index is 12.4. The van der Waals surface area contributed by atoms with E-state index in [2.05, 4.69) is 10.1 Å².